The van der Waals surface area contributed by atoms with Crippen molar-refractivity contribution in [3.05, 3.63) is 92.7 Å². The number of carbonyl (C=O) groups is 3. The van der Waals surface area contributed by atoms with Crippen molar-refractivity contribution in [1.82, 2.24) is 5.32 Å². The fraction of sp³-hybridized carbons (Fsp3) is 0.400. The normalized spacial score (nSPS) is 21.2. The summed E-state index contributed by atoms with van der Waals surface area (Å²) in [6.45, 7) is 11.7. The van der Waals surface area contributed by atoms with Crippen LogP contribution in [0.25, 0.3) is 0 Å². The summed E-state index contributed by atoms with van der Waals surface area (Å²) in [7, 11) is -1.44. The van der Waals surface area contributed by atoms with Gasteiger partial charge in [-0.1, -0.05) is 55.0 Å². The van der Waals surface area contributed by atoms with Crippen LogP contribution in [0.2, 0.25) is 35.7 Å². The number of ether oxygens (including phenoxy) is 2. The summed E-state index contributed by atoms with van der Waals surface area (Å²) in [6.07, 6.45) is -0.173. The van der Waals surface area contributed by atoms with E-state index in [-0.39, 0.29) is 30.7 Å². The Hall–Kier alpha value is -3.44. The zero-order valence-electron chi connectivity index (χ0n) is 27.2. The Morgan fingerprint density at radius 3 is 2.43 bits per heavy atom. The number of nitrogens with one attached hydrogen (secondary N) is 1. The van der Waals surface area contributed by atoms with Crippen molar-refractivity contribution < 1.29 is 33.4 Å². The highest BCUT2D eigenvalue weighted by Gasteiger charge is 2.64. The highest BCUT2D eigenvalue weighted by atomic mass is 35.5. The van der Waals surface area contributed by atoms with Crippen LogP contribution in [-0.2, 0) is 24.5 Å². The van der Waals surface area contributed by atoms with Gasteiger partial charge in [0.1, 0.15) is 23.7 Å². The Balaban J connectivity index is 1.78. The number of amides is 2. The number of carboxylic acid groups (broad SMARTS) is 1. The largest absolute Gasteiger partial charge is 0.478 e. The third-order valence-corrected chi connectivity index (χ3v) is 11.2. The lowest BCUT2D eigenvalue weighted by Crippen LogP contribution is -2.58. The summed E-state index contributed by atoms with van der Waals surface area (Å²) in [5, 5.41) is 13.6. The molecule has 3 atom stereocenters. The molecule has 2 heterocycles. The van der Waals surface area contributed by atoms with Crippen LogP contribution >= 0.6 is 23.2 Å². The molecule has 0 saturated carbocycles. The first-order valence-corrected chi connectivity index (χ1v) is 19.9. The van der Waals surface area contributed by atoms with Gasteiger partial charge in [0.2, 0.25) is 11.8 Å². The molecule has 3 aromatic rings. The van der Waals surface area contributed by atoms with E-state index in [1.165, 1.54) is 30.9 Å². The van der Waals surface area contributed by atoms with Crippen molar-refractivity contribution in [3.8, 4) is 5.75 Å². The molecule has 47 heavy (non-hydrogen) atoms. The SMILES string of the molecule is Cc1ccc(F)cc1C1NC(=O)C[C@H](c2cc(Cl)ccc2OC(C)(C)C(=O)O)[C@@]12C(=O)N(COCC[Si](C)(C)C)c1cc(Cl)ccc12. The summed E-state index contributed by atoms with van der Waals surface area (Å²) in [6, 6.07) is 14.0. The zero-order valence-corrected chi connectivity index (χ0v) is 29.8. The lowest BCUT2D eigenvalue weighted by Gasteiger charge is -2.47. The van der Waals surface area contributed by atoms with Gasteiger partial charge in [-0.2, -0.15) is 0 Å². The van der Waals surface area contributed by atoms with Crippen LogP contribution in [0.1, 0.15) is 54.5 Å². The number of anilines is 1. The first-order valence-electron chi connectivity index (χ1n) is 15.4. The smallest absolute Gasteiger partial charge is 0.347 e. The average molecular weight is 702 g/mol. The standard InChI is InChI=1S/C35H39Cl2FN2O6Si/c1-20-7-10-23(38)17-24(20)31-35(26-11-8-22(37)16-28(26)40(32(35)42)19-45-13-14-47(4,5)6)27(18-30(41)39-31)25-15-21(36)9-12-29(25)46-34(2,3)33(43)44/h7-12,15-17,27,31H,13-14,18-19H2,1-6H3,(H,39,41)(H,43,44)/t27-,31?,35-/m1/s1. The second-order valence-corrected chi connectivity index (χ2v) is 20.5. The van der Waals surface area contributed by atoms with Crippen LogP contribution in [0.3, 0.4) is 0 Å². The molecule has 0 bridgehead atoms. The van der Waals surface area contributed by atoms with Gasteiger partial charge in [0.25, 0.3) is 0 Å². The number of benzene rings is 3. The Labute approximate surface area is 285 Å². The number of carbonyl (C=O) groups excluding carboxylic acids is 2. The van der Waals surface area contributed by atoms with Gasteiger partial charge >= 0.3 is 5.97 Å². The number of hydrogen-bond acceptors (Lipinski definition) is 5. The first-order chi connectivity index (χ1) is 22.0. The summed E-state index contributed by atoms with van der Waals surface area (Å²) >= 11 is 13.1. The van der Waals surface area contributed by atoms with Crippen LogP contribution < -0.4 is 15.0 Å². The van der Waals surface area contributed by atoms with E-state index in [9.17, 15) is 19.1 Å². The molecule has 0 aliphatic carbocycles. The van der Waals surface area contributed by atoms with Gasteiger partial charge in [0, 0.05) is 42.6 Å². The molecule has 1 fully saturated rings. The number of rotatable bonds is 10. The molecule has 1 unspecified atom stereocenters. The Kier molecular flexibility index (Phi) is 9.55. The molecule has 5 rings (SSSR count). The quantitative estimate of drug-likeness (QED) is 0.167. The lowest BCUT2D eigenvalue weighted by atomic mass is 9.58. The van der Waals surface area contributed by atoms with E-state index in [0.29, 0.717) is 44.6 Å². The molecule has 0 aromatic heterocycles. The van der Waals surface area contributed by atoms with Gasteiger partial charge in [0.15, 0.2) is 5.60 Å². The maximum atomic E-state index is 15.3. The van der Waals surface area contributed by atoms with Crippen LogP contribution in [0.4, 0.5) is 10.1 Å². The second kappa shape index (κ2) is 12.9. The highest BCUT2D eigenvalue weighted by Crippen LogP contribution is 2.60. The van der Waals surface area contributed by atoms with Crippen molar-refractivity contribution >= 4 is 54.7 Å². The molecule has 1 spiro atoms. The monoisotopic (exact) mass is 700 g/mol. The Bertz CT molecular complexity index is 1750. The average Bonchev–Trinajstić information content (AvgIpc) is 3.20. The maximum Gasteiger partial charge on any atom is 0.347 e. The predicted octanol–water partition coefficient (Wildman–Crippen LogP) is 7.62. The van der Waals surface area contributed by atoms with Crippen LogP contribution in [0.15, 0.2) is 54.6 Å². The number of aryl methyl sites for hydroxylation is 1. The van der Waals surface area contributed by atoms with Crippen molar-refractivity contribution in [2.24, 2.45) is 0 Å². The molecular formula is C35H39Cl2FN2O6Si. The Morgan fingerprint density at radius 2 is 1.74 bits per heavy atom. The lowest BCUT2D eigenvalue weighted by molar-refractivity contribution is -0.152. The van der Waals surface area contributed by atoms with Crippen molar-refractivity contribution in [1.29, 1.82) is 0 Å². The molecule has 2 N–H and O–H groups in total. The van der Waals surface area contributed by atoms with Crippen molar-refractivity contribution in [2.75, 3.05) is 18.2 Å². The van der Waals surface area contributed by atoms with Gasteiger partial charge in [-0.25, -0.2) is 9.18 Å². The molecule has 3 aromatic carbocycles. The molecule has 2 amide bonds. The molecule has 12 heteroatoms. The van der Waals surface area contributed by atoms with E-state index in [1.807, 2.05) is 0 Å². The highest BCUT2D eigenvalue weighted by molar-refractivity contribution is 6.76. The Morgan fingerprint density at radius 1 is 1.06 bits per heavy atom. The second-order valence-electron chi connectivity index (χ2n) is 14.0. The number of hydrogen-bond donors (Lipinski definition) is 2. The molecule has 0 radical (unpaired) electrons. The third-order valence-electron chi connectivity index (χ3n) is 8.99. The van der Waals surface area contributed by atoms with E-state index in [0.717, 1.165) is 6.04 Å². The maximum absolute atomic E-state index is 15.3. The number of piperidine rings is 1. The number of aliphatic carboxylic acids is 1. The van der Waals surface area contributed by atoms with Gasteiger partial charge in [-0.15, -0.1) is 0 Å². The molecule has 2 aliphatic rings. The summed E-state index contributed by atoms with van der Waals surface area (Å²) in [4.78, 5) is 42.6. The van der Waals surface area contributed by atoms with Crippen LogP contribution in [0.5, 0.6) is 5.75 Å². The number of carboxylic acids is 1. The van der Waals surface area contributed by atoms with E-state index >= 15 is 4.79 Å². The van der Waals surface area contributed by atoms with Gasteiger partial charge < -0.3 is 19.9 Å². The summed E-state index contributed by atoms with van der Waals surface area (Å²) < 4.78 is 27.2. The van der Waals surface area contributed by atoms with Crippen molar-refractivity contribution in [2.45, 2.75) is 75.9 Å². The van der Waals surface area contributed by atoms with E-state index in [4.69, 9.17) is 32.7 Å². The summed E-state index contributed by atoms with van der Waals surface area (Å²) in [5.41, 5.74) is -0.698. The van der Waals surface area contributed by atoms with Gasteiger partial charge in [0.05, 0.1) is 11.7 Å². The number of nitrogens with zero attached hydrogens (tertiary/aromatic N) is 1. The minimum Gasteiger partial charge on any atom is -0.478 e. The molecule has 250 valence electrons. The number of fused-ring (bicyclic) bond motifs is 2. The van der Waals surface area contributed by atoms with Crippen LogP contribution in [-0.4, -0.2) is 49.9 Å². The first kappa shape index (κ1) is 34.9. The minimum absolute atomic E-state index is 0.0706. The third kappa shape index (κ3) is 6.66. The molecule has 2 aliphatic heterocycles. The fourth-order valence-electron chi connectivity index (χ4n) is 6.49. The minimum atomic E-state index is -1.66. The molecular weight excluding hydrogens is 662 g/mol. The van der Waals surface area contributed by atoms with Crippen LogP contribution in [0, 0.1) is 12.7 Å². The summed E-state index contributed by atoms with van der Waals surface area (Å²) in [5.74, 6) is -3.28. The van der Waals surface area contributed by atoms with E-state index in [1.54, 1.807) is 49.4 Å². The molecule has 8 nitrogen and oxygen atoms in total. The fourth-order valence-corrected chi connectivity index (χ4v) is 7.59. The van der Waals surface area contributed by atoms with E-state index in [2.05, 4.69) is 25.0 Å². The predicted molar refractivity (Wildman–Crippen MR) is 183 cm³/mol. The zero-order chi connectivity index (χ0) is 34.5. The van der Waals surface area contributed by atoms with Crippen molar-refractivity contribution in [3.63, 3.8) is 0 Å². The molecule has 1 saturated heterocycles. The van der Waals surface area contributed by atoms with E-state index < -0.39 is 42.8 Å². The topological polar surface area (TPSA) is 105 Å². The van der Waals surface area contributed by atoms with Gasteiger partial charge in [-0.3, -0.25) is 14.5 Å². The number of halogens is 3. The van der Waals surface area contributed by atoms with Gasteiger partial charge in [-0.05, 0) is 86.0 Å².